The van der Waals surface area contributed by atoms with Crippen LogP contribution in [0.2, 0.25) is 0 Å². The number of nitrogens with zero attached hydrogens (tertiary/aromatic N) is 6. The topological polar surface area (TPSA) is 86.6 Å². The molecule has 4 aromatic heterocycles. The summed E-state index contributed by atoms with van der Waals surface area (Å²) >= 11 is 2.85. The van der Waals surface area contributed by atoms with Gasteiger partial charge in [0, 0.05) is 23.4 Å². The van der Waals surface area contributed by atoms with E-state index in [0.29, 0.717) is 32.7 Å². The van der Waals surface area contributed by atoms with Crippen LogP contribution in [0, 0.1) is 13.8 Å². The van der Waals surface area contributed by atoms with Crippen molar-refractivity contribution in [2.45, 2.75) is 24.8 Å². The molecular weight excluding hydrogens is 468 g/mol. The lowest BCUT2D eigenvalue weighted by atomic mass is 10.1. The number of hydrogen-bond donors (Lipinski definition) is 0. The fourth-order valence-corrected chi connectivity index (χ4v) is 5.80. The zero-order valence-corrected chi connectivity index (χ0v) is 19.9. The van der Waals surface area contributed by atoms with Crippen molar-refractivity contribution in [2.24, 2.45) is 0 Å². The molecular formula is C24H18N6O2S2. The van der Waals surface area contributed by atoms with Crippen molar-refractivity contribution in [1.29, 1.82) is 0 Å². The first-order chi connectivity index (χ1) is 16.5. The van der Waals surface area contributed by atoms with Gasteiger partial charge < -0.3 is 0 Å². The Kier molecular flexibility index (Phi) is 4.85. The molecule has 4 heterocycles. The van der Waals surface area contributed by atoms with Gasteiger partial charge in [-0.2, -0.15) is 0 Å². The third-order valence-corrected chi connectivity index (χ3v) is 7.48. The van der Waals surface area contributed by atoms with Crippen LogP contribution in [0.3, 0.4) is 0 Å². The number of benzene rings is 2. The second-order valence-corrected chi connectivity index (χ2v) is 9.76. The minimum absolute atomic E-state index is 0.109. The summed E-state index contributed by atoms with van der Waals surface area (Å²) in [6.07, 6.45) is 1.72. The van der Waals surface area contributed by atoms with E-state index in [-0.39, 0.29) is 11.1 Å². The molecule has 8 nitrogen and oxygen atoms in total. The highest BCUT2D eigenvalue weighted by Crippen LogP contribution is 2.27. The van der Waals surface area contributed by atoms with E-state index in [0.717, 1.165) is 22.3 Å². The van der Waals surface area contributed by atoms with Crippen LogP contribution in [-0.2, 0) is 5.75 Å². The summed E-state index contributed by atoms with van der Waals surface area (Å²) in [6, 6.07) is 15.0. The zero-order chi connectivity index (χ0) is 23.4. The Morgan fingerprint density at radius 2 is 1.79 bits per heavy atom. The van der Waals surface area contributed by atoms with E-state index in [1.165, 1.54) is 27.5 Å². The van der Waals surface area contributed by atoms with Crippen LogP contribution in [-0.4, -0.2) is 28.5 Å². The number of thiazole rings is 1. The fourth-order valence-electron chi connectivity index (χ4n) is 4.23. The maximum absolute atomic E-state index is 13.6. The Labute approximate surface area is 201 Å². The summed E-state index contributed by atoms with van der Waals surface area (Å²) in [5.74, 6) is 0.895. The van der Waals surface area contributed by atoms with Gasteiger partial charge in [-0.05, 0) is 37.1 Å². The summed E-state index contributed by atoms with van der Waals surface area (Å²) in [5.41, 5.74) is 3.92. The van der Waals surface area contributed by atoms with Gasteiger partial charge in [-0.15, -0.1) is 21.5 Å². The van der Waals surface area contributed by atoms with Gasteiger partial charge in [0.1, 0.15) is 0 Å². The van der Waals surface area contributed by atoms with E-state index < -0.39 is 0 Å². The average molecular weight is 487 g/mol. The number of rotatable bonds is 4. The Bertz CT molecular complexity index is 1830. The van der Waals surface area contributed by atoms with Crippen molar-refractivity contribution < 1.29 is 0 Å². The lowest BCUT2D eigenvalue weighted by molar-refractivity contribution is 0.923. The molecule has 168 valence electrons. The fraction of sp³-hybridized carbons (Fsp3) is 0.125. The van der Waals surface area contributed by atoms with E-state index in [1.54, 1.807) is 16.8 Å². The van der Waals surface area contributed by atoms with Crippen molar-refractivity contribution in [1.82, 2.24) is 28.5 Å². The lowest BCUT2D eigenvalue weighted by Crippen LogP contribution is -2.23. The second-order valence-electron chi connectivity index (χ2n) is 7.95. The van der Waals surface area contributed by atoms with Gasteiger partial charge in [-0.3, -0.25) is 18.4 Å². The quantitative estimate of drug-likeness (QED) is 0.350. The zero-order valence-electron chi connectivity index (χ0n) is 18.3. The predicted molar refractivity (Wildman–Crippen MR) is 134 cm³/mol. The molecule has 6 aromatic rings. The number of para-hydroxylation sites is 2. The smallest absolute Gasteiger partial charge is 0.267 e. The van der Waals surface area contributed by atoms with Crippen molar-refractivity contribution in [3.8, 4) is 5.69 Å². The molecule has 0 aliphatic carbocycles. The molecule has 10 heteroatoms. The molecule has 0 saturated carbocycles. The lowest BCUT2D eigenvalue weighted by Gasteiger charge is -2.15. The van der Waals surface area contributed by atoms with Crippen molar-refractivity contribution in [3.63, 3.8) is 0 Å². The number of hydrogen-bond acceptors (Lipinski definition) is 7. The van der Waals surface area contributed by atoms with Crippen LogP contribution in [0.15, 0.2) is 74.9 Å². The molecule has 0 spiro atoms. The largest absolute Gasteiger partial charge is 0.269 e. The molecule has 0 N–H and O–H groups in total. The minimum atomic E-state index is -0.137. The number of aryl methyl sites for hydroxylation is 2. The Balaban J connectivity index is 1.55. The van der Waals surface area contributed by atoms with Gasteiger partial charge in [-0.1, -0.05) is 42.1 Å². The van der Waals surface area contributed by atoms with Crippen molar-refractivity contribution >= 4 is 44.7 Å². The molecule has 0 bridgehead atoms. The van der Waals surface area contributed by atoms with Crippen LogP contribution in [0.1, 0.15) is 16.8 Å². The molecule has 0 unspecified atom stereocenters. The minimum Gasteiger partial charge on any atom is -0.269 e. The van der Waals surface area contributed by atoms with E-state index in [1.807, 2.05) is 66.1 Å². The van der Waals surface area contributed by atoms with Crippen molar-refractivity contribution in [2.75, 3.05) is 0 Å². The SMILES string of the molecule is Cc1cccc(C)c1-n1c(=O)c2ccccc2n2c(SCc3cc(=O)n4ccsc4n3)nnc12. The molecule has 0 aliphatic heterocycles. The monoisotopic (exact) mass is 486 g/mol. The number of aromatic nitrogens is 6. The first-order valence-corrected chi connectivity index (χ1v) is 12.4. The Hall–Kier alpha value is -3.76. The third kappa shape index (κ3) is 3.17. The number of thioether (sulfide) groups is 1. The average Bonchev–Trinajstić information content (AvgIpc) is 3.47. The van der Waals surface area contributed by atoms with Crippen LogP contribution < -0.4 is 11.1 Å². The first kappa shape index (κ1) is 20.8. The van der Waals surface area contributed by atoms with Crippen LogP contribution in [0.4, 0.5) is 0 Å². The second kappa shape index (κ2) is 7.93. The molecule has 0 radical (unpaired) electrons. The maximum Gasteiger partial charge on any atom is 0.267 e. The molecule has 0 fully saturated rings. The molecule has 6 rings (SSSR count). The van der Waals surface area contributed by atoms with E-state index >= 15 is 0 Å². The predicted octanol–water partition coefficient (Wildman–Crippen LogP) is 4.01. The highest BCUT2D eigenvalue weighted by molar-refractivity contribution is 7.98. The van der Waals surface area contributed by atoms with Gasteiger partial charge in [0.25, 0.3) is 11.1 Å². The van der Waals surface area contributed by atoms with Crippen LogP contribution in [0.5, 0.6) is 0 Å². The molecule has 0 aliphatic rings. The van der Waals surface area contributed by atoms with Gasteiger partial charge in [0.05, 0.1) is 22.3 Å². The van der Waals surface area contributed by atoms with Crippen molar-refractivity contribution in [3.05, 3.63) is 97.6 Å². The Morgan fingerprint density at radius 3 is 2.62 bits per heavy atom. The molecule has 34 heavy (non-hydrogen) atoms. The van der Waals surface area contributed by atoms with E-state index in [4.69, 9.17) is 0 Å². The molecule has 0 atom stereocenters. The first-order valence-electron chi connectivity index (χ1n) is 10.6. The number of fused-ring (bicyclic) bond motifs is 4. The van der Waals surface area contributed by atoms with Gasteiger partial charge in [-0.25, -0.2) is 9.55 Å². The summed E-state index contributed by atoms with van der Waals surface area (Å²) < 4.78 is 5.08. The van der Waals surface area contributed by atoms with Crippen LogP contribution >= 0.6 is 23.1 Å². The summed E-state index contributed by atoms with van der Waals surface area (Å²) in [4.78, 5) is 31.2. The van der Waals surface area contributed by atoms with Gasteiger partial charge in [0.2, 0.25) is 5.78 Å². The Morgan fingerprint density at radius 1 is 1.00 bits per heavy atom. The normalized spacial score (nSPS) is 11.7. The highest BCUT2D eigenvalue weighted by atomic mass is 32.2. The third-order valence-electron chi connectivity index (χ3n) is 5.76. The summed E-state index contributed by atoms with van der Waals surface area (Å²) in [6.45, 7) is 3.97. The maximum atomic E-state index is 13.6. The van der Waals surface area contributed by atoms with Gasteiger partial charge in [0.15, 0.2) is 10.1 Å². The standard InChI is InChI=1S/C24H18N6O2S2/c1-14-6-5-7-15(2)20(14)30-21(32)17-8-3-4-9-18(17)29-22(30)26-27-24(29)34-13-16-12-19(31)28-10-11-33-23(28)25-16/h3-12H,13H2,1-2H3. The van der Waals surface area contributed by atoms with Gasteiger partial charge >= 0.3 is 0 Å². The molecule has 0 amide bonds. The summed E-state index contributed by atoms with van der Waals surface area (Å²) in [5, 5.41) is 11.9. The summed E-state index contributed by atoms with van der Waals surface area (Å²) in [7, 11) is 0. The highest BCUT2D eigenvalue weighted by Gasteiger charge is 2.20. The van der Waals surface area contributed by atoms with Crippen LogP contribution in [0.25, 0.3) is 27.3 Å². The molecule has 0 saturated heterocycles. The van der Waals surface area contributed by atoms with E-state index in [2.05, 4.69) is 15.2 Å². The molecule has 2 aromatic carbocycles. The van der Waals surface area contributed by atoms with E-state index in [9.17, 15) is 9.59 Å².